The third-order valence-electron chi connectivity index (χ3n) is 4.96. The van der Waals surface area contributed by atoms with Crippen LogP contribution in [0.4, 0.5) is 13.2 Å². The molecule has 0 aromatic rings. The van der Waals surface area contributed by atoms with Gasteiger partial charge >= 0.3 is 12.1 Å². The quantitative estimate of drug-likeness (QED) is 0.794. The molecule has 0 aromatic heterocycles. The van der Waals surface area contributed by atoms with Crippen LogP contribution in [0.3, 0.4) is 0 Å². The first-order chi connectivity index (χ1) is 10.5. The van der Waals surface area contributed by atoms with Crippen molar-refractivity contribution < 1.29 is 27.9 Å². The number of carboxylic acids is 1. The third-order valence-corrected chi connectivity index (χ3v) is 4.96. The molecule has 2 heterocycles. The van der Waals surface area contributed by atoms with Crippen LogP contribution < -0.4 is 0 Å². The molecule has 8 heteroatoms. The minimum atomic E-state index is -5.08. The van der Waals surface area contributed by atoms with Gasteiger partial charge in [-0.05, 0) is 38.8 Å². The van der Waals surface area contributed by atoms with Gasteiger partial charge in [0, 0.05) is 31.0 Å². The Labute approximate surface area is 133 Å². The standard InChI is InChI=1S/C13H22N2O.C2HF3O2/c1-10-5-11(6-10)12(16)15-8-13(9-15)3-4-14(2)7-13;3-2(4,5)1(6)7/h10-11H,3-9H2,1-2H3;(H,6,7). The van der Waals surface area contributed by atoms with Crippen LogP contribution in [-0.2, 0) is 9.59 Å². The van der Waals surface area contributed by atoms with Crippen LogP contribution in [0.5, 0.6) is 0 Å². The van der Waals surface area contributed by atoms with Crippen molar-refractivity contribution in [1.29, 1.82) is 0 Å². The lowest BCUT2D eigenvalue weighted by atomic mass is 9.72. The fourth-order valence-electron chi connectivity index (χ4n) is 3.70. The van der Waals surface area contributed by atoms with Gasteiger partial charge in [0.1, 0.15) is 0 Å². The Balaban J connectivity index is 0.000000236. The van der Waals surface area contributed by atoms with Crippen molar-refractivity contribution in [2.24, 2.45) is 17.3 Å². The molecule has 0 radical (unpaired) electrons. The van der Waals surface area contributed by atoms with Crippen molar-refractivity contribution in [3.63, 3.8) is 0 Å². The summed E-state index contributed by atoms with van der Waals surface area (Å²) in [5.41, 5.74) is 0.472. The van der Waals surface area contributed by atoms with Crippen LogP contribution in [0.2, 0.25) is 0 Å². The molecule has 1 aliphatic carbocycles. The van der Waals surface area contributed by atoms with Crippen molar-refractivity contribution >= 4 is 11.9 Å². The summed E-state index contributed by atoms with van der Waals surface area (Å²) < 4.78 is 31.7. The third kappa shape index (κ3) is 4.16. The second-order valence-corrected chi connectivity index (χ2v) is 7.26. The number of nitrogens with zero attached hydrogens (tertiary/aromatic N) is 2. The van der Waals surface area contributed by atoms with Crippen LogP contribution in [0.1, 0.15) is 26.2 Å². The zero-order chi connectivity index (χ0) is 17.4. The molecular formula is C15H23F3N2O3. The minimum absolute atomic E-state index is 0.367. The number of hydrogen-bond acceptors (Lipinski definition) is 3. The van der Waals surface area contributed by atoms with E-state index >= 15 is 0 Å². The number of alkyl halides is 3. The average Bonchev–Trinajstić information content (AvgIpc) is 2.74. The van der Waals surface area contributed by atoms with Crippen molar-refractivity contribution in [3.8, 4) is 0 Å². The summed E-state index contributed by atoms with van der Waals surface area (Å²) in [6, 6.07) is 0. The second-order valence-electron chi connectivity index (χ2n) is 7.26. The van der Waals surface area contributed by atoms with E-state index in [4.69, 9.17) is 9.90 Å². The zero-order valence-corrected chi connectivity index (χ0v) is 13.4. The van der Waals surface area contributed by atoms with Crippen LogP contribution in [0.25, 0.3) is 0 Å². The Morgan fingerprint density at radius 3 is 2.04 bits per heavy atom. The Kier molecular flexibility index (Phi) is 4.94. The highest BCUT2D eigenvalue weighted by atomic mass is 19.4. The van der Waals surface area contributed by atoms with E-state index in [1.165, 1.54) is 19.5 Å². The first kappa shape index (κ1) is 18.0. The predicted octanol–water partition coefficient (Wildman–Crippen LogP) is 1.83. The maximum Gasteiger partial charge on any atom is 0.490 e. The smallest absolute Gasteiger partial charge is 0.475 e. The number of likely N-dealkylation sites (tertiary alicyclic amines) is 2. The van der Waals surface area contributed by atoms with Gasteiger partial charge in [-0.3, -0.25) is 4.79 Å². The minimum Gasteiger partial charge on any atom is -0.475 e. The SMILES string of the molecule is CC1CC(C(=O)N2CC3(CCN(C)C3)C2)C1.O=C(O)C(F)(F)F. The Bertz CT molecular complexity index is 469. The molecule has 5 nitrogen and oxygen atoms in total. The van der Waals surface area contributed by atoms with Crippen LogP contribution in [-0.4, -0.2) is 66.2 Å². The van der Waals surface area contributed by atoms with Crippen molar-refractivity contribution in [1.82, 2.24) is 9.80 Å². The summed E-state index contributed by atoms with van der Waals surface area (Å²) in [5, 5.41) is 7.12. The number of halogens is 3. The first-order valence-electron chi connectivity index (χ1n) is 7.80. The van der Waals surface area contributed by atoms with E-state index in [-0.39, 0.29) is 0 Å². The summed E-state index contributed by atoms with van der Waals surface area (Å²) in [5.74, 6) is -1.17. The molecule has 3 rings (SSSR count). The summed E-state index contributed by atoms with van der Waals surface area (Å²) in [6.45, 7) is 6.70. The van der Waals surface area contributed by atoms with Gasteiger partial charge in [-0.15, -0.1) is 0 Å². The predicted molar refractivity (Wildman–Crippen MR) is 76.7 cm³/mol. The van der Waals surface area contributed by atoms with Gasteiger partial charge < -0.3 is 14.9 Å². The number of carbonyl (C=O) groups excluding carboxylic acids is 1. The number of carbonyl (C=O) groups is 2. The van der Waals surface area contributed by atoms with E-state index in [0.717, 1.165) is 31.8 Å². The molecule has 3 aliphatic rings. The van der Waals surface area contributed by atoms with Crippen molar-refractivity contribution in [3.05, 3.63) is 0 Å². The molecule has 1 saturated carbocycles. The second kappa shape index (κ2) is 6.30. The summed E-state index contributed by atoms with van der Waals surface area (Å²) in [7, 11) is 2.19. The maximum absolute atomic E-state index is 12.1. The lowest BCUT2D eigenvalue weighted by Gasteiger charge is -2.50. The summed E-state index contributed by atoms with van der Waals surface area (Å²) in [6.07, 6.45) is -1.54. The molecule has 0 bridgehead atoms. The largest absolute Gasteiger partial charge is 0.490 e. The summed E-state index contributed by atoms with van der Waals surface area (Å²) >= 11 is 0. The van der Waals surface area contributed by atoms with Gasteiger partial charge in [-0.2, -0.15) is 13.2 Å². The molecule has 2 aliphatic heterocycles. The number of aliphatic carboxylic acids is 1. The monoisotopic (exact) mass is 336 g/mol. The van der Waals surface area contributed by atoms with Gasteiger partial charge in [0.2, 0.25) is 5.91 Å². The van der Waals surface area contributed by atoms with Gasteiger partial charge in [0.15, 0.2) is 0 Å². The molecule has 3 fully saturated rings. The topological polar surface area (TPSA) is 60.9 Å². The molecule has 132 valence electrons. The van der Waals surface area contributed by atoms with E-state index in [2.05, 4.69) is 23.8 Å². The number of hydrogen-bond donors (Lipinski definition) is 1. The zero-order valence-electron chi connectivity index (χ0n) is 13.4. The average molecular weight is 336 g/mol. The molecule has 1 N–H and O–H groups in total. The molecular weight excluding hydrogens is 313 g/mol. The molecule has 1 spiro atoms. The van der Waals surface area contributed by atoms with Crippen LogP contribution in [0.15, 0.2) is 0 Å². The van der Waals surface area contributed by atoms with Gasteiger partial charge in [0.25, 0.3) is 0 Å². The van der Waals surface area contributed by atoms with Crippen molar-refractivity contribution in [2.75, 3.05) is 33.2 Å². The Morgan fingerprint density at radius 2 is 1.70 bits per heavy atom. The van der Waals surface area contributed by atoms with Gasteiger partial charge in [-0.1, -0.05) is 6.92 Å². The van der Waals surface area contributed by atoms with E-state index in [1.807, 2.05) is 0 Å². The molecule has 0 unspecified atom stereocenters. The fourth-order valence-corrected chi connectivity index (χ4v) is 3.70. The van der Waals surface area contributed by atoms with Gasteiger partial charge in [-0.25, -0.2) is 4.79 Å². The van der Waals surface area contributed by atoms with Gasteiger partial charge in [0.05, 0.1) is 0 Å². The maximum atomic E-state index is 12.1. The highest BCUT2D eigenvalue weighted by molar-refractivity contribution is 5.80. The highest BCUT2D eigenvalue weighted by Crippen LogP contribution is 2.42. The van der Waals surface area contributed by atoms with Crippen LogP contribution in [0, 0.1) is 17.3 Å². The molecule has 23 heavy (non-hydrogen) atoms. The lowest BCUT2D eigenvalue weighted by Crippen LogP contribution is -2.61. The fraction of sp³-hybridized carbons (Fsp3) is 0.867. The molecule has 1 amide bonds. The lowest BCUT2D eigenvalue weighted by molar-refractivity contribution is -0.192. The molecule has 0 aromatic carbocycles. The number of carboxylic acid groups (broad SMARTS) is 1. The molecule has 0 atom stereocenters. The van der Waals surface area contributed by atoms with E-state index in [1.54, 1.807) is 0 Å². The van der Waals surface area contributed by atoms with E-state index < -0.39 is 12.1 Å². The number of rotatable bonds is 1. The number of amides is 1. The Morgan fingerprint density at radius 1 is 1.17 bits per heavy atom. The first-order valence-corrected chi connectivity index (χ1v) is 7.80. The highest BCUT2D eigenvalue weighted by Gasteiger charge is 2.50. The normalized spacial score (nSPS) is 29.3. The summed E-state index contributed by atoms with van der Waals surface area (Å²) in [4.78, 5) is 25.5. The van der Waals surface area contributed by atoms with Crippen LogP contribution >= 0.6 is 0 Å². The molecule has 2 saturated heterocycles. The van der Waals surface area contributed by atoms with Crippen molar-refractivity contribution in [2.45, 2.75) is 32.4 Å². The van der Waals surface area contributed by atoms with E-state index in [0.29, 0.717) is 17.2 Å². The Hall–Kier alpha value is -1.31. The van der Waals surface area contributed by atoms with E-state index in [9.17, 15) is 18.0 Å².